The van der Waals surface area contributed by atoms with Crippen molar-refractivity contribution in [3.63, 3.8) is 0 Å². The Labute approximate surface area is 224 Å². The van der Waals surface area contributed by atoms with Crippen LogP contribution in [-0.4, -0.2) is 58.7 Å². The molecule has 13 nitrogen and oxygen atoms in total. The molecule has 38 heavy (non-hydrogen) atoms. The van der Waals surface area contributed by atoms with E-state index in [1.54, 1.807) is 13.8 Å². The fourth-order valence-electron chi connectivity index (χ4n) is 3.47. The molecule has 0 bridgehead atoms. The molecule has 1 aliphatic rings. The molecule has 1 saturated heterocycles. The highest BCUT2D eigenvalue weighted by Crippen LogP contribution is 2.45. The Kier molecular flexibility index (Phi) is 8.86. The van der Waals surface area contributed by atoms with Gasteiger partial charge in [-0.2, -0.15) is 10.2 Å². The maximum absolute atomic E-state index is 12.8. The molecular formula is C23H37N6O7PSi. The van der Waals surface area contributed by atoms with Crippen molar-refractivity contribution < 1.29 is 28.9 Å². The minimum Gasteiger partial charge on any atom is -0.408 e. The van der Waals surface area contributed by atoms with Crippen molar-refractivity contribution in [3.8, 4) is 6.07 Å². The number of H-pyrrole nitrogens is 1. The zero-order valence-electron chi connectivity index (χ0n) is 23.7. The van der Waals surface area contributed by atoms with Crippen LogP contribution in [0.25, 0.3) is 11.2 Å². The molecule has 5 unspecified atom stereocenters. The Morgan fingerprint density at radius 2 is 2.13 bits per heavy atom. The van der Waals surface area contributed by atoms with Crippen molar-refractivity contribution in [1.29, 1.82) is 5.26 Å². The number of hydrogen-bond acceptors (Lipinski definition) is 10. The summed E-state index contributed by atoms with van der Waals surface area (Å²) in [6, 6.07) is 1.92. The van der Waals surface area contributed by atoms with E-state index in [9.17, 15) is 14.2 Å². The molecule has 15 heteroatoms. The van der Waals surface area contributed by atoms with Crippen LogP contribution in [0.15, 0.2) is 11.1 Å². The number of nitrogens with one attached hydrogen (secondary N) is 2. The number of nitrogens with zero attached hydrogens (tertiary/aromatic N) is 4. The summed E-state index contributed by atoms with van der Waals surface area (Å²) >= 11 is 0. The number of anilines is 1. The molecule has 0 aliphatic carbocycles. The van der Waals surface area contributed by atoms with Gasteiger partial charge in [-0.3, -0.25) is 33.5 Å². The van der Waals surface area contributed by atoms with E-state index < -0.39 is 46.7 Å². The lowest BCUT2D eigenvalue weighted by molar-refractivity contribution is -0.118. The molecule has 2 N–H and O–H groups in total. The summed E-state index contributed by atoms with van der Waals surface area (Å²) in [5, 5.41) is 11.2. The first-order valence-corrected chi connectivity index (χ1v) is 16.4. The van der Waals surface area contributed by atoms with Crippen LogP contribution in [0.1, 0.15) is 55.5 Å². The number of aromatic amines is 1. The zero-order valence-corrected chi connectivity index (χ0v) is 24.7. The van der Waals surface area contributed by atoms with Gasteiger partial charge in [-0.25, -0.2) is 4.98 Å². The predicted octanol–water partition coefficient (Wildman–Crippen LogP) is 3.73. The van der Waals surface area contributed by atoms with Gasteiger partial charge in [0, 0.05) is 7.29 Å². The molecule has 2 aromatic heterocycles. The molecule has 0 saturated carbocycles. The van der Waals surface area contributed by atoms with Gasteiger partial charge in [0.2, 0.25) is 11.9 Å². The highest BCUT2D eigenvalue weighted by Gasteiger charge is 2.51. The van der Waals surface area contributed by atoms with Gasteiger partial charge >= 0.3 is 8.25 Å². The maximum Gasteiger partial charge on any atom is 0.319 e. The van der Waals surface area contributed by atoms with Crippen molar-refractivity contribution in [2.24, 2.45) is 5.92 Å². The Morgan fingerprint density at radius 1 is 1.42 bits per heavy atom. The smallest absolute Gasteiger partial charge is 0.319 e. The maximum atomic E-state index is 12.8. The molecule has 210 valence electrons. The number of ether oxygens (including phenoxy) is 1. The number of fused-ring (bicyclic) bond motifs is 1. The van der Waals surface area contributed by atoms with Gasteiger partial charge in [0.25, 0.3) is 5.56 Å². The zero-order chi connectivity index (χ0) is 29.1. The van der Waals surface area contributed by atoms with Crippen molar-refractivity contribution >= 4 is 39.6 Å². The van der Waals surface area contributed by atoms with E-state index in [0.717, 1.165) is 0 Å². The van der Waals surface area contributed by atoms with Crippen LogP contribution in [-0.2, 0) is 27.6 Å². The van der Waals surface area contributed by atoms with Crippen molar-refractivity contribution in [2.45, 2.75) is 90.6 Å². The van der Waals surface area contributed by atoms with E-state index in [1.165, 1.54) is 10.9 Å². The van der Waals surface area contributed by atoms with E-state index in [4.69, 9.17) is 24.8 Å². The first kappa shape index (κ1) is 28.6. The van der Waals surface area contributed by atoms with Gasteiger partial charge in [-0.1, -0.05) is 34.6 Å². The Morgan fingerprint density at radius 3 is 2.74 bits per heavy atom. The van der Waals surface area contributed by atoms with E-state index in [0.29, 0.717) is 0 Å². The number of rotatable bonds is 10. The Hall–Kier alpha value is -2.40. The quantitative estimate of drug-likeness (QED) is 0.244. The third-order valence-corrected chi connectivity index (χ3v) is 12.0. The fraction of sp³-hybridized carbons (Fsp3) is 0.696. The van der Waals surface area contributed by atoms with Gasteiger partial charge < -0.3 is 13.7 Å². The van der Waals surface area contributed by atoms with E-state index in [2.05, 4.69) is 41.0 Å². The monoisotopic (exact) mass is 569 g/mol. The van der Waals surface area contributed by atoms with Crippen LogP contribution in [0.3, 0.4) is 0 Å². The Bertz CT molecular complexity index is 1300. The highest BCUT2D eigenvalue weighted by molar-refractivity contribution is 7.33. The van der Waals surface area contributed by atoms with Gasteiger partial charge in [-0.05, 0) is 25.0 Å². The van der Waals surface area contributed by atoms with Gasteiger partial charge in [0.15, 0.2) is 25.7 Å². The average Bonchev–Trinajstić information content (AvgIpc) is 3.40. The third-order valence-electron chi connectivity index (χ3n) is 6.66. The number of aromatic nitrogens is 4. The first-order chi connectivity index (χ1) is 18.2. The lowest BCUT2D eigenvalue weighted by Gasteiger charge is -2.40. The van der Waals surface area contributed by atoms with Crippen LogP contribution in [0.2, 0.25) is 18.1 Å². The molecule has 0 spiro atoms. The van der Waals surface area contributed by atoms with Gasteiger partial charge in [-0.15, -0.1) is 0 Å². The van der Waals surface area contributed by atoms with Crippen LogP contribution >= 0.6 is 8.25 Å². The molecule has 0 aromatic carbocycles. The summed E-state index contributed by atoms with van der Waals surface area (Å²) in [5.41, 5.74) is -0.486. The molecule has 0 radical (unpaired) electrons. The second kappa shape index (κ2) is 11.8. The fourth-order valence-corrected chi connectivity index (χ4v) is 5.60. The van der Waals surface area contributed by atoms with Crippen LogP contribution < -0.4 is 10.9 Å². The number of imidazole rings is 1. The van der Waals surface area contributed by atoms with E-state index >= 15 is 0 Å². The number of carbonyl (C=O) groups excluding carboxylic acids is 1. The molecule has 1 fully saturated rings. The number of nitriles is 1. The second-order valence-corrected chi connectivity index (χ2v) is 16.7. The standard InChI is InChI=1S/C23H37N6O7PSi/c1-13(2)19(30)27-22-26-18-15(20(31)28-22)25-12-29(18)21-17(35-37(32)33-11-9-10-24)16(14(3)34-21)36-38(7,8)23(4,5)6/h12-14,16-17,21,37H,9,11H2,1-8H3,(H2,26,27,28,30,31)/i3D. The van der Waals surface area contributed by atoms with E-state index in [1.807, 2.05) is 19.2 Å². The summed E-state index contributed by atoms with van der Waals surface area (Å²) in [6.45, 7) is 13.4. The second-order valence-electron chi connectivity index (χ2n) is 10.9. The molecule has 5 atom stereocenters. The molecule has 3 heterocycles. The summed E-state index contributed by atoms with van der Waals surface area (Å²) in [7, 11) is -5.53. The first-order valence-electron chi connectivity index (χ1n) is 13.0. The van der Waals surface area contributed by atoms with Crippen LogP contribution in [0.5, 0.6) is 0 Å². The molecule has 1 aliphatic heterocycles. The van der Waals surface area contributed by atoms with Crippen LogP contribution in [0, 0.1) is 17.2 Å². The number of hydrogen-bond donors (Lipinski definition) is 2. The van der Waals surface area contributed by atoms with Crippen molar-refractivity contribution in [3.05, 3.63) is 16.7 Å². The van der Waals surface area contributed by atoms with Crippen molar-refractivity contribution in [1.82, 2.24) is 19.5 Å². The lowest BCUT2D eigenvalue weighted by atomic mass is 10.1. The van der Waals surface area contributed by atoms with Crippen LogP contribution in [0.4, 0.5) is 5.95 Å². The molecular weight excluding hydrogens is 531 g/mol. The lowest BCUT2D eigenvalue weighted by Crippen LogP contribution is -2.49. The predicted molar refractivity (Wildman–Crippen MR) is 143 cm³/mol. The third kappa shape index (κ3) is 6.59. The molecule has 3 rings (SSSR count). The largest absolute Gasteiger partial charge is 0.408 e. The summed E-state index contributed by atoms with van der Waals surface area (Å²) in [4.78, 5) is 36.0. The van der Waals surface area contributed by atoms with Crippen molar-refractivity contribution in [2.75, 3.05) is 11.9 Å². The van der Waals surface area contributed by atoms with Gasteiger partial charge in [0.1, 0.15) is 12.2 Å². The molecule has 2 aromatic rings. The SMILES string of the molecule is [2H]CC1OC(n2cnc3c(=O)[nH]c(NC(=O)C(C)C)nc32)C(O[PH](=O)OCCC#N)C1O[Si](C)(C)C(C)(C)C. The molecule has 1 amide bonds. The van der Waals surface area contributed by atoms with E-state index in [-0.39, 0.29) is 53.9 Å². The normalized spacial score (nSPS) is 23.4. The Balaban J connectivity index is 2.06. The number of amides is 1. The minimum atomic E-state index is -3.10. The summed E-state index contributed by atoms with van der Waals surface area (Å²) < 4.78 is 46.3. The topological polar surface area (TPSA) is 170 Å². The number of carbonyl (C=O) groups is 1. The average molecular weight is 570 g/mol. The summed E-state index contributed by atoms with van der Waals surface area (Å²) in [5.74, 6) is -0.758. The minimum absolute atomic E-state index is 0.00555. The summed E-state index contributed by atoms with van der Waals surface area (Å²) in [6.07, 6.45) is -2.23. The highest BCUT2D eigenvalue weighted by atomic mass is 31.1. The van der Waals surface area contributed by atoms with Gasteiger partial charge in [0.05, 0.1) is 31.5 Å².